The molecule has 3 heteroatoms. The van der Waals surface area contributed by atoms with Crippen molar-refractivity contribution < 1.29 is 0 Å². The molecule has 0 atom stereocenters. The first-order chi connectivity index (χ1) is 28.3. The standard InChI is InChI=1S/C54H35N3/c1-2-12-36(13-3-1)37-22-24-38(25-23-37)39-26-28-40(29-27-39)55(41-30-32-42(33-31-41)56-50-18-8-4-14-44(50)45-15-5-9-19-51(45)56)43-34-48-46-16-6-10-20-52(46)57-53-21-11-7-17-47(53)49(35-43)54(48)57/h1-35H. The van der Waals surface area contributed by atoms with Crippen LogP contribution in [0.3, 0.4) is 0 Å². The quantitative estimate of drug-likeness (QED) is 0.166. The Hall–Kier alpha value is -7.62. The fraction of sp³-hybridized carbons (Fsp3) is 0. The number of aromatic nitrogens is 2. The third-order valence-electron chi connectivity index (χ3n) is 11.8. The normalized spacial score (nSPS) is 11.9. The van der Waals surface area contributed by atoms with Gasteiger partial charge in [0.1, 0.15) is 0 Å². The lowest BCUT2D eigenvalue weighted by Crippen LogP contribution is -2.10. The van der Waals surface area contributed by atoms with Gasteiger partial charge in [0, 0.05) is 55.1 Å². The van der Waals surface area contributed by atoms with Gasteiger partial charge >= 0.3 is 0 Å². The maximum atomic E-state index is 2.45. The number of benzene rings is 9. The Morgan fingerprint density at radius 3 is 1.14 bits per heavy atom. The maximum Gasteiger partial charge on any atom is 0.0622 e. The van der Waals surface area contributed by atoms with Crippen LogP contribution in [0, 0.1) is 0 Å². The third-order valence-corrected chi connectivity index (χ3v) is 11.8. The van der Waals surface area contributed by atoms with Gasteiger partial charge in [-0.05, 0) is 95.1 Å². The lowest BCUT2D eigenvalue weighted by molar-refractivity contribution is 1.17. The summed E-state index contributed by atoms with van der Waals surface area (Å²) < 4.78 is 4.83. The molecule has 0 aliphatic carbocycles. The molecule has 0 bridgehead atoms. The number of rotatable bonds is 6. The minimum absolute atomic E-state index is 1.10. The van der Waals surface area contributed by atoms with Gasteiger partial charge in [-0.3, -0.25) is 0 Å². The van der Waals surface area contributed by atoms with E-state index in [9.17, 15) is 0 Å². The van der Waals surface area contributed by atoms with E-state index >= 15 is 0 Å². The molecule has 0 saturated carbocycles. The molecule has 0 spiro atoms. The zero-order chi connectivity index (χ0) is 37.5. The highest BCUT2D eigenvalue weighted by molar-refractivity contribution is 6.24. The zero-order valence-corrected chi connectivity index (χ0v) is 31.0. The Labute approximate surface area is 329 Å². The molecule has 0 aliphatic rings. The van der Waals surface area contributed by atoms with Crippen LogP contribution in [0.2, 0.25) is 0 Å². The number of nitrogens with zero attached hydrogens (tertiary/aromatic N) is 3. The van der Waals surface area contributed by atoms with E-state index in [1.807, 2.05) is 0 Å². The van der Waals surface area contributed by atoms with E-state index in [0.29, 0.717) is 0 Å². The molecule has 0 unspecified atom stereocenters. The monoisotopic (exact) mass is 725 g/mol. The second-order valence-electron chi connectivity index (χ2n) is 15.0. The summed E-state index contributed by atoms with van der Waals surface area (Å²) in [6, 6.07) is 77.4. The summed E-state index contributed by atoms with van der Waals surface area (Å²) in [6.45, 7) is 0. The van der Waals surface area contributed by atoms with Crippen molar-refractivity contribution in [2.75, 3.05) is 4.90 Å². The molecule has 3 heterocycles. The largest absolute Gasteiger partial charge is 0.310 e. The summed E-state index contributed by atoms with van der Waals surface area (Å²) in [7, 11) is 0. The number of hydrogen-bond acceptors (Lipinski definition) is 1. The van der Waals surface area contributed by atoms with Crippen molar-refractivity contribution in [2.45, 2.75) is 0 Å². The molecule has 3 aromatic heterocycles. The summed E-state index contributed by atoms with van der Waals surface area (Å²) in [4.78, 5) is 2.42. The van der Waals surface area contributed by atoms with Gasteiger partial charge < -0.3 is 13.9 Å². The van der Waals surface area contributed by atoms with Crippen LogP contribution in [0.1, 0.15) is 0 Å². The molecular weight excluding hydrogens is 691 g/mol. The van der Waals surface area contributed by atoms with Gasteiger partial charge in [0.05, 0.1) is 27.6 Å². The van der Waals surface area contributed by atoms with E-state index < -0.39 is 0 Å². The van der Waals surface area contributed by atoms with E-state index in [-0.39, 0.29) is 0 Å². The first-order valence-corrected chi connectivity index (χ1v) is 19.6. The summed E-state index contributed by atoms with van der Waals surface area (Å²) in [6.07, 6.45) is 0. The van der Waals surface area contributed by atoms with Crippen molar-refractivity contribution in [3.8, 4) is 27.9 Å². The maximum absolute atomic E-state index is 2.45. The second kappa shape index (κ2) is 12.5. The Morgan fingerprint density at radius 2 is 0.649 bits per heavy atom. The van der Waals surface area contributed by atoms with E-state index in [1.54, 1.807) is 0 Å². The number of anilines is 3. The van der Waals surface area contributed by atoms with Gasteiger partial charge in [0.2, 0.25) is 0 Å². The average Bonchev–Trinajstić information content (AvgIpc) is 3.92. The van der Waals surface area contributed by atoms with Gasteiger partial charge in [-0.2, -0.15) is 0 Å². The highest BCUT2D eigenvalue weighted by Gasteiger charge is 2.22. The molecule has 0 saturated heterocycles. The van der Waals surface area contributed by atoms with E-state index in [4.69, 9.17) is 0 Å². The molecule has 0 radical (unpaired) electrons. The molecule has 12 aromatic rings. The van der Waals surface area contributed by atoms with E-state index in [0.717, 1.165) is 22.7 Å². The Bertz CT molecular complexity index is 3290. The smallest absolute Gasteiger partial charge is 0.0622 e. The lowest BCUT2D eigenvalue weighted by atomic mass is 10.00. The number of para-hydroxylation sites is 4. The molecule has 3 nitrogen and oxygen atoms in total. The van der Waals surface area contributed by atoms with Gasteiger partial charge in [0.15, 0.2) is 0 Å². The fourth-order valence-electron chi connectivity index (χ4n) is 9.25. The van der Waals surface area contributed by atoms with Crippen molar-refractivity contribution in [1.29, 1.82) is 0 Å². The number of fused-ring (bicyclic) bond motifs is 9. The Morgan fingerprint density at radius 1 is 0.281 bits per heavy atom. The first-order valence-electron chi connectivity index (χ1n) is 19.6. The van der Waals surface area contributed by atoms with Crippen LogP contribution < -0.4 is 4.90 Å². The van der Waals surface area contributed by atoms with Crippen LogP contribution in [-0.2, 0) is 0 Å². The van der Waals surface area contributed by atoms with Gasteiger partial charge in [-0.15, -0.1) is 0 Å². The summed E-state index contributed by atoms with van der Waals surface area (Å²) in [5.74, 6) is 0. The summed E-state index contributed by atoms with van der Waals surface area (Å²) in [5, 5.41) is 7.58. The van der Waals surface area contributed by atoms with Crippen molar-refractivity contribution >= 4 is 77.0 Å². The summed E-state index contributed by atoms with van der Waals surface area (Å²) >= 11 is 0. The first kappa shape index (κ1) is 31.7. The molecule has 9 aromatic carbocycles. The van der Waals surface area contributed by atoms with Crippen LogP contribution in [0.4, 0.5) is 17.1 Å². The molecule has 0 fully saturated rings. The van der Waals surface area contributed by atoms with E-state index in [2.05, 4.69) is 226 Å². The molecule has 0 amide bonds. The van der Waals surface area contributed by atoms with Crippen LogP contribution >= 0.6 is 0 Å². The molecule has 266 valence electrons. The van der Waals surface area contributed by atoms with Crippen molar-refractivity contribution in [1.82, 2.24) is 8.97 Å². The minimum atomic E-state index is 1.10. The van der Waals surface area contributed by atoms with Crippen LogP contribution in [-0.4, -0.2) is 8.97 Å². The molecular formula is C54H35N3. The minimum Gasteiger partial charge on any atom is -0.310 e. The van der Waals surface area contributed by atoms with Crippen LogP contribution in [0.25, 0.3) is 87.8 Å². The Balaban J connectivity index is 1.03. The molecule has 0 N–H and O–H groups in total. The molecule has 57 heavy (non-hydrogen) atoms. The topological polar surface area (TPSA) is 12.6 Å². The van der Waals surface area contributed by atoms with Crippen LogP contribution in [0.15, 0.2) is 212 Å². The third kappa shape index (κ3) is 4.86. The highest BCUT2D eigenvalue weighted by Crippen LogP contribution is 2.45. The molecule has 0 aliphatic heterocycles. The summed E-state index contributed by atoms with van der Waals surface area (Å²) in [5.41, 5.74) is 15.5. The van der Waals surface area contributed by atoms with Gasteiger partial charge in [0.25, 0.3) is 0 Å². The van der Waals surface area contributed by atoms with Crippen molar-refractivity contribution in [3.63, 3.8) is 0 Å². The second-order valence-corrected chi connectivity index (χ2v) is 15.0. The Kier molecular flexibility index (Phi) is 6.93. The predicted octanol–water partition coefficient (Wildman–Crippen LogP) is 14.7. The van der Waals surface area contributed by atoms with Crippen LogP contribution in [0.5, 0.6) is 0 Å². The van der Waals surface area contributed by atoms with Gasteiger partial charge in [-0.1, -0.05) is 140 Å². The number of hydrogen-bond donors (Lipinski definition) is 0. The molecule has 12 rings (SSSR count). The van der Waals surface area contributed by atoms with Crippen molar-refractivity contribution in [2.24, 2.45) is 0 Å². The predicted molar refractivity (Wildman–Crippen MR) is 241 cm³/mol. The SMILES string of the molecule is c1ccc(-c2ccc(-c3ccc(N(c4ccc(-n5c6ccccc6c6ccccc65)cc4)c4cc5c6ccccc6n6c7ccccc7c(c4)c56)cc3)cc2)cc1. The highest BCUT2D eigenvalue weighted by atomic mass is 15.1. The van der Waals surface area contributed by atoms with E-state index in [1.165, 1.54) is 82.2 Å². The fourth-order valence-corrected chi connectivity index (χ4v) is 9.25. The lowest BCUT2D eigenvalue weighted by Gasteiger charge is -2.26. The van der Waals surface area contributed by atoms with Crippen molar-refractivity contribution in [3.05, 3.63) is 212 Å². The van der Waals surface area contributed by atoms with Gasteiger partial charge in [-0.25, -0.2) is 0 Å². The average molecular weight is 726 g/mol. The zero-order valence-electron chi connectivity index (χ0n) is 31.0.